The number of rotatable bonds is 19. The van der Waals surface area contributed by atoms with Crippen LogP contribution in [0.1, 0.15) is 179 Å². The van der Waals surface area contributed by atoms with Crippen molar-refractivity contribution in [3.8, 4) is 0 Å². The predicted octanol–water partition coefficient (Wildman–Crippen LogP) is 9.26. The highest BCUT2D eigenvalue weighted by atomic mass is 35.5. The zero-order valence-corrected chi connectivity index (χ0v) is 69.4. The van der Waals surface area contributed by atoms with Gasteiger partial charge in [0, 0.05) is 122 Å². The maximum absolute atomic E-state index is 14.1. The minimum atomic E-state index is -3.35. The molecule has 11 aliphatic rings. The Morgan fingerprint density at radius 2 is 0.810 bits per heavy atom. The average molecular weight is 1770 g/mol. The Morgan fingerprint density at radius 1 is 0.455 bits per heavy atom. The van der Waals surface area contributed by atoms with Crippen LogP contribution in [-0.4, -0.2) is 205 Å². The fraction of sp³-hybridized carbons (Fsp3) is 0.488. The molecule has 39 heteroatoms. The molecule has 3 aromatic heterocycles. The molecule has 5 saturated heterocycles. The molecule has 0 unspecified atom stereocenters. The molecule has 6 aromatic rings. The number of Topliss-reactive ketones (excluding diaryl/α,β-unsaturated/α-hetero) is 3. The van der Waals surface area contributed by atoms with E-state index >= 15 is 0 Å². The molecule has 11 heterocycles. The van der Waals surface area contributed by atoms with E-state index in [1.54, 1.807) is 57.0 Å². The third kappa shape index (κ3) is 15.6. The number of likely N-dealkylation sites (tertiary alicyclic amines) is 2. The van der Waals surface area contributed by atoms with Gasteiger partial charge < -0.3 is 70.2 Å². The van der Waals surface area contributed by atoms with Crippen molar-refractivity contribution >= 4 is 132 Å². The van der Waals surface area contributed by atoms with E-state index in [1.165, 1.54) is 42.7 Å². The monoisotopic (exact) mass is 1760 g/mol. The van der Waals surface area contributed by atoms with Crippen LogP contribution in [0.2, 0.25) is 15.1 Å². The lowest BCUT2D eigenvalue weighted by Gasteiger charge is -2.61. The predicted molar refractivity (Wildman–Crippen MR) is 423 cm³/mol. The first kappa shape index (κ1) is 85.9. The number of hydrogen-bond acceptors (Lipinski definition) is 16. The number of halogens is 10. The van der Waals surface area contributed by atoms with Gasteiger partial charge in [-0.15, -0.1) is 0 Å². The summed E-state index contributed by atoms with van der Waals surface area (Å²) in [5, 5.41) is 18.4. The molecule has 0 radical (unpaired) electrons. The van der Waals surface area contributed by atoms with Gasteiger partial charge in [0.15, 0.2) is 9.84 Å². The van der Waals surface area contributed by atoms with Crippen LogP contribution in [0.5, 0.6) is 0 Å². The van der Waals surface area contributed by atoms with Gasteiger partial charge in [-0.1, -0.05) is 46.9 Å². The molecule has 3 aromatic carbocycles. The fourth-order valence-electron chi connectivity index (χ4n) is 18.9. The summed E-state index contributed by atoms with van der Waals surface area (Å²) in [7, 11) is -3.35. The summed E-state index contributed by atoms with van der Waals surface area (Å²) in [5.74, 6) is -21.2. The van der Waals surface area contributed by atoms with E-state index in [-0.39, 0.29) is 72.5 Å². The molecule has 7 N–H and O–H groups in total. The minimum absolute atomic E-state index is 0.00854. The number of nitrogens with zero attached hydrogens (tertiary/aromatic N) is 5. The Balaban J connectivity index is 0.000000141. The standard InChI is InChI=1S/C28H29ClF2N4O5.C27H26ClF3N4O5.C27H29ClF2N4O6S/c1-15-5-6-17(10-18(15)29)32-23(37)21-16(2)20(19-4-3-8-34(19)21)22(36)24(38)33-27(11-28(30,31)12-27)25(39)35-9-7-26(35)13-40-14-26;1-14-19(18-3-2-6-35(18)20(14)22(37)32-15-4-5-17(29)16(28)7-15)21(36)23(38)33-26(8-27(30,31)9-26)24(39)34-10-25(11-34)12-40-13-25;1-14-6-7-16(9-17(14)28)31-22(36)20-15(2)19(18-5-4-8-34(18)20)21(35)23(37)32-26(10-27(29,30)11-26)24(38)33-25(3)12-41(39,40)13-25/h5-6,10H,3-4,7-9,11-14H2,1-2H3,(H,32,37)(H,33,38);4-5,7H,2-3,6,8-13H2,1H3,(H,32,37)(H,33,38);6-7,9H,4-5,8,10-13H2,1-3H3,(H,31,36)(H,32,37)(H,33,38). The normalized spacial score (nSPS) is 20.9. The maximum Gasteiger partial charge on any atom is 0.293 e. The van der Waals surface area contributed by atoms with Crippen molar-refractivity contribution in [1.29, 1.82) is 0 Å². The maximum atomic E-state index is 14.1. The quantitative estimate of drug-likeness (QED) is 0.0225. The number of sulfone groups is 1. The van der Waals surface area contributed by atoms with E-state index < -0.39 is 170 Å². The third-order valence-electron chi connectivity index (χ3n) is 24.9. The molecular formula is C82H84Cl3F7N12O16S. The first-order valence-electron chi connectivity index (χ1n) is 39.3. The molecule has 8 fully saturated rings. The van der Waals surface area contributed by atoms with Crippen LogP contribution in [0.4, 0.5) is 47.8 Å². The lowest BCUT2D eigenvalue weighted by molar-refractivity contribution is -0.218. The Kier molecular flexibility index (Phi) is 21.7. The van der Waals surface area contributed by atoms with Crippen LogP contribution in [0.15, 0.2) is 54.6 Å². The molecule has 9 amide bonds. The number of aryl methyl sites for hydroxylation is 2. The molecule has 644 valence electrons. The number of ketones is 3. The van der Waals surface area contributed by atoms with E-state index in [0.29, 0.717) is 155 Å². The van der Waals surface area contributed by atoms with Crippen LogP contribution in [-0.2, 0) is 87.0 Å². The van der Waals surface area contributed by atoms with Crippen molar-refractivity contribution in [2.24, 2.45) is 5.41 Å². The molecule has 8 aliphatic heterocycles. The molecule has 3 aliphatic carbocycles. The average Bonchev–Trinajstić information content (AvgIpc) is 1.66. The van der Waals surface area contributed by atoms with Crippen LogP contribution in [0, 0.1) is 45.9 Å². The van der Waals surface area contributed by atoms with Gasteiger partial charge in [0.25, 0.3) is 70.6 Å². The Labute approximate surface area is 702 Å². The second kappa shape index (κ2) is 30.5. The van der Waals surface area contributed by atoms with E-state index in [1.807, 2.05) is 13.8 Å². The number of anilines is 3. The van der Waals surface area contributed by atoms with Crippen molar-refractivity contribution in [1.82, 2.24) is 44.8 Å². The number of carbonyl (C=O) groups is 12. The van der Waals surface area contributed by atoms with Gasteiger partial charge in [-0.05, 0) is 157 Å². The second-order valence-corrected chi connectivity index (χ2v) is 37.7. The lowest BCUT2D eigenvalue weighted by Crippen LogP contribution is -2.79. The summed E-state index contributed by atoms with van der Waals surface area (Å²) in [6.07, 6.45) is -1.68. The van der Waals surface area contributed by atoms with Gasteiger partial charge in [0.1, 0.15) is 39.5 Å². The first-order chi connectivity index (χ1) is 56.6. The third-order valence-corrected chi connectivity index (χ3v) is 28.2. The van der Waals surface area contributed by atoms with Gasteiger partial charge in [0.05, 0.1) is 76.1 Å². The van der Waals surface area contributed by atoms with Crippen LogP contribution in [0.3, 0.4) is 0 Å². The van der Waals surface area contributed by atoms with Gasteiger partial charge in [-0.2, -0.15) is 0 Å². The summed E-state index contributed by atoms with van der Waals surface area (Å²) >= 11 is 18.2. The number of hydrogen-bond donors (Lipinski definition) is 7. The highest BCUT2D eigenvalue weighted by molar-refractivity contribution is 7.93. The number of nitrogens with one attached hydrogen (secondary N) is 7. The minimum Gasteiger partial charge on any atom is -0.380 e. The van der Waals surface area contributed by atoms with E-state index in [9.17, 15) is 96.7 Å². The Hall–Kier alpha value is -10.0. The summed E-state index contributed by atoms with van der Waals surface area (Å²) in [6.45, 7) is 13.8. The van der Waals surface area contributed by atoms with Gasteiger partial charge in [-0.3, -0.25) is 57.5 Å². The summed E-state index contributed by atoms with van der Waals surface area (Å²) in [4.78, 5) is 163. The van der Waals surface area contributed by atoms with Crippen LogP contribution >= 0.6 is 34.8 Å². The van der Waals surface area contributed by atoms with Gasteiger partial charge in [-0.25, -0.2) is 39.2 Å². The molecule has 2 spiro atoms. The SMILES string of the molecule is Cc1c(C(=O)C(=O)NC2(C(=O)N3CC4(COC4)C3)CC(F)(F)C2)c2n(c1C(=O)Nc1ccc(F)c(Cl)c1)CCC2.Cc1ccc(NC(=O)c2c(C)c(C(=O)C(=O)NC3(C(=O)N4CCC45COC5)CC(F)(F)C3)c3n2CCC3)cc1Cl.Cc1ccc(NC(=O)c2c(C)c(C(=O)C(=O)NC3(C(=O)NC4(C)CS(=O)(=O)C4)CC(F)(F)C3)c3n2CCC3)cc1Cl. The van der Waals surface area contributed by atoms with Crippen LogP contribution < -0.4 is 37.2 Å². The zero-order valence-electron chi connectivity index (χ0n) is 66.3. The van der Waals surface area contributed by atoms with Gasteiger partial charge in [0.2, 0.25) is 17.7 Å². The van der Waals surface area contributed by atoms with Crippen molar-refractivity contribution in [3.63, 3.8) is 0 Å². The van der Waals surface area contributed by atoms with Crippen molar-refractivity contribution in [2.45, 2.75) is 190 Å². The van der Waals surface area contributed by atoms with E-state index in [0.717, 1.165) is 17.2 Å². The van der Waals surface area contributed by atoms with E-state index in [4.69, 9.17) is 44.3 Å². The first-order valence-corrected chi connectivity index (χ1v) is 42.2. The largest absolute Gasteiger partial charge is 0.380 e. The molecular weight excluding hydrogens is 1680 g/mol. The number of aromatic nitrogens is 3. The molecule has 3 saturated carbocycles. The molecule has 0 atom stereocenters. The summed E-state index contributed by atoms with van der Waals surface area (Å²) < 4.78 is 137. The fourth-order valence-corrected chi connectivity index (χ4v) is 21.4. The van der Waals surface area contributed by atoms with Crippen LogP contribution in [0.25, 0.3) is 0 Å². The van der Waals surface area contributed by atoms with Crippen molar-refractivity contribution < 1.29 is 106 Å². The molecule has 17 rings (SSSR count). The number of ether oxygens (including phenoxy) is 2. The number of benzene rings is 3. The Morgan fingerprint density at radius 3 is 1.13 bits per heavy atom. The van der Waals surface area contributed by atoms with E-state index in [2.05, 4.69) is 37.2 Å². The second-order valence-electron chi connectivity index (χ2n) is 34.4. The number of carbonyl (C=O) groups excluding carboxylic acids is 12. The lowest BCUT2D eigenvalue weighted by atomic mass is 9.69. The highest BCUT2D eigenvalue weighted by Gasteiger charge is 2.69. The number of amides is 9. The molecule has 28 nitrogen and oxygen atoms in total. The molecule has 0 bridgehead atoms. The topological polar surface area (TPSA) is 363 Å². The summed E-state index contributed by atoms with van der Waals surface area (Å²) in [6, 6.07) is 13.8. The van der Waals surface area contributed by atoms with Crippen molar-refractivity contribution in [2.75, 3.05) is 73.5 Å². The summed E-state index contributed by atoms with van der Waals surface area (Å²) in [5.41, 5.74) is -1.83. The smallest absolute Gasteiger partial charge is 0.293 e. The zero-order chi connectivity index (χ0) is 87.3. The number of alkyl halides is 6. The molecule has 121 heavy (non-hydrogen) atoms. The van der Waals surface area contributed by atoms with Crippen molar-refractivity contribution in [3.05, 3.63) is 154 Å². The Bertz CT molecular complexity index is 5630. The highest BCUT2D eigenvalue weighted by Crippen LogP contribution is 2.52. The van der Waals surface area contributed by atoms with Gasteiger partial charge >= 0.3 is 0 Å². The number of fused-ring (bicyclic) bond motifs is 3.